The Bertz CT molecular complexity index is 259. The van der Waals surface area contributed by atoms with Crippen molar-refractivity contribution in [3.63, 3.8) is 0 Å². The van der Waals surface area contributed by atoms with E-state index in [1.54, 1.807) is 11.8 Å². The maximum atomic E-state index is 11.9. The molecule has 1 amide bonds. The van der Waals surface area contributed by atoms with Gasteiger partial charge in [0.15, 0.2) is 5.84 Å². The standard InChI is InChI=1S/C11H23N3O2S/c1-4-5-9(10(12)14-16)11(15)13-8(2)6-7-17-3/h8-9,16H,4-7H2,1-3H3,(H2,12,14)(H,13,15). The summed E-state index contributed by atoms with van der Waals surface area (Å²) in [6, 6.07) is 0.112. The van der Waals surface area contributed by atoms with Crippen LogP contribution in [0, 0.1) is 5.92 Å². The van der Waals surface area contributed by atoms with E-state index in [4.69, 9.17) is 10.9 Å². The Hall–Kier alpha value is -0.910. The number of carbonyl (C=O) groups is 1. The minimum atomic E-state index is -0.526. The second kappa shape index (κ2) is 9.15. The van der Waals surface area contributed by atoms with E-state index in [2.05, 4.69) is 10.5 Å². The number of nitrogens with zero attached hydrogens (tertiary/aromatic N) is 1. The van der Waals surface area contributed by atoms with Gasteiger partial charge in [-0.05, 0) is 31.8 Å². The fourth-order valence-electron chi connectivity index (χ4n) is 1.48. The second-order valence-electron chi connectivity index (χ2n) is 4.06. The van der Waals surface area contributed by atoms with Gasteiger partial charge in [-0.3, -0.25) is 4.79 Å². The van der Waals surface area contributed by atoms with Crippen LogP contribution in [0.2, 0.25) is 0 Å². The van der Waals surface area contributed by atoms with Crippen LogP contribution in [0.15, 0.2) is 5.16 Å². The van der Waals surface area contributed by atoms with Gasteiger partial charge < -0.3 is 16.3 Å². The van der Waals surface area contributed by atoms with Gasteiger partial charge in [-0.15, -0.1) is 0 Å². The van der Waals surface area contributed by atoms with Gasteiger partial charge >= 0.3 is 0 Å². The van der Waals surface area contributed by atoms with Gasteiger partial charge in [-0.2, -0.15) is 11.8 Å². The van der Waals surface area contributed by atoms with Crippen LogP contribution in [-0.2, 0) is 4.79 Å². The largest absolute Gasteiger partial charge is 0.409 e. The number of carbonyl (C=O) groups excluding carboxylic acids is 1. The minimum Gasteiger partial charge on any atom is -0.409 e. The average molecular weight is 261 g/mol. The molecule has 0 saturated heterocycles. The number of nitrogens with one attached hydrogen (secondary N) is 1. The molecule has 0 fully saturated rings. The van der Waals surface area contributed by atoms with Gasteiger partial charge in [0.25, 0.3) is 0 Å². The highest BCUT2D eigenvalue weighted by molar-refractivity contribution is 7.98. The number of amidine groups is 1. The Morgan fingerprint density at radius 3 is 2.65 bits per heavy atom. The zero-order chi connectivity index (χ0) is 13.3. The molecule has 2 atom stereocenters. The van der Waals surface area contributed by atoms with Crippen molar-refractivity contribution in [2.45, 2.75) is 39.2 Å². The van der Waals surface area contributed by atoms with Crippen LogP contribution in [0.3, 0.4) is 0 Å². The third-order valence-electron chi connectivity index (χ3n) is 2.51. The molecule has 0 aromatic rings. The third-order valence-corrected chi connectivity index (χ3v) is 3.15. The Labute approximate surface area is 107 Å². The summed E-state index contributed by atoms with van der Waals surface area (Å²) in [5, 5.41) is 14.5. The fraction of sp³-hybridized carbons (Fsp3) is 0.818. The quantitative estimate of drug-likeness (QED) is 0.267. The van der Waals surface area contributed by atoms with E-state index in [1.165, 1.54) is 0 Å². The predicted octanol–water partition coefficient (Wildman–Crippen LogP) is 1.41. The fourth-order valence-corrected chi connectivity index (χ4v) is 2.07. The van der Waals surface area contributed by atoms with Crippen LogP contribution in [0.25, 0.3) is 0 Å². The van der Waals surface area contributed by atoms with Crippen molar-refractivity contribution in [1.29, 1.82) is 0 Å². The second-order valence-corrected chi connectivity index (χ2v) is 5.04. The van der Waals surface area contributed by atoms with Crippen molar-refractivity contribution in [2.75, 3.05) is 12.0 Å². The topological polar surface area (TPSA) is 87.7 Å². The normalized spacial score (nSPS) is 15.4. The summed E-state index contributed by atoms with van der Waals surface area (Å²) in [5.41, 5.74) is 5.52. The van der Waals surface area contributed by atoms with E-state index in [0.29, 0.717) is 6.42 Å². The number of thioether (sulfide) groups is 1. The molecule has 0 aromatic heterocycles. The number of amides is 1. The van der Waals surface area contributed by atoms with Gasteiger partial charge in [0.1, 0.15) is 0 Å². The highest BCUT2D eigenvalue weighted by Gasteiger charge is 2.23. The summed E-state index contributed by atoms with van der Waals surface area (Å²) >= 11 is 1.75. The van der Waals surface area contributed by atoms with Crippen LogP contribution in [0.4, 0.5) is 0 Å². The van der Waals surface area contributed by atoms with Crippen LogP contribution in [0.1, 0.15) is 33.1 Å². The molecule has 5 nitrogen and oxygen atoms in total. The molecule has 6 heteroatoms. The van der Waals surface area contributed by atoms with Gasteiger partial charge in [-0.1, -0.05) is 18.5 Å². The van der Waals surface area contributed by atoms with Crippen LogP contribution in [0.5, 0.6) is 0 Å². The van der Waals surface area contributed by atoms with Crippen LogP contribution >= 0.6 is 11.8 Å². The lowest BCUT2D eigenvalue weighted by atomic mass is 10.0. The summed E-state index contributed by atoms with van der Waals surface area (Å²) in [6.45, 7) is 3.92. The maximum Gasteiger partial charge on any atom is 0.231 e. The number of hydrogen-bond acceptors (Lipinski definition) is 4. The summed E-state index contributed by atoms with van der Waals surface area (Å²) < 4.78 is 0. The van der Waals surface area contributed by atoms with E-state index in [9.17, 15) is 4.79 Å². The molecule has 0 bridgehead atoms. The molecule has 0 spiro atoms. The van der Waals surface area contributed by atoms with Crippen molar-refractivity contribution in [3.8, 4) is 0 Å². The third kappa shape index (κ3) is 6.41. The Morgan fingerprint density at radius 1 is 1.53 bits per heavy atom. The first kappa shape index (κ1) is 16.1. The molecule has 0 aliphatic carbocycles. The van der Waals surface area contributed by atoms with Crippen molar-refractivity contribution in [3.05, 3.63) is 0 Å². The predicted molar refractivity (Wildman–Crippen MR) is 72.4 cm³/mol. The first-order valence-corrected chi connectivity index (χ1v) is 7.22. The maximum absolute atomic E-state index is 11.9. The highest BCUT2D eigenvalue weighted by atomic mass is 32.2. The summed E-state index contributed by atoms with van der Waals surface area (Å²) in [6.07, 6.45) is 4.36. The summed E-state index contributed by atoms with van der Waals surface area (Å²) in [7, 11) is 0. The highest BCUT2D eigenvalue weighted by Crippen LogP contribution is 2.08. The number of hydrogen-bond donors (Lipinski definition) is 3. The SMILES string of the molecule is CCCC(C(=O)NC(C)CCSC)C(N)=NO. The molecule has 0 aromatic carbocycles. The zero-order valence-electron chi connectivity index (χ0n) is 10.8. The molecule has 0 rings (SSSR count). The van der Waals surface area contributed by atoms with Crippen LogP contribution in [-0.4, -0.2) is 35.0 Å². The molecule has 0 aliphatic heterocycles. The zero-order valence-corrected chi connectivity index (χ0v) is 11.6. The average Bonchev–Trinajstić information content (AvgIpc) is 2.32. The number of nitrogens with two attached hydrogens (primary N) is 1. The smallest absolute Gasteiger partial charge is 0.231 e. The Kier molecular flexibility index (Phi) is 8.66. The van der Waals surface area contributed by atoms with E-state index < -0.39 is 5.92 Å². The molecule has 17 heavy (non-hydrogen) atoms. The molecule has 0 radical (unpaired) electrons. The van der Waals surface area contributed by atoms with E-state index >= 15 is 0 Å². The molecule has 0 aliphatic rings. The van der Waals surface area contributed by atoms with Crippen molar-refractivity contribution in [1.82, 2.24) is 5.32 Å². The molecular formula is C11H23N3O2S. The van der Waals surface area contributed by atoms with E-state index in [1.807, 2.05) is 20.1 Å². The minimum absolute atomic E-state index is 0.0126. The monoisotopic (exact) mass is 261 g/mol. The molecule has 100 valence electrons. The number of oxime groups is 1. The first-order chi connectivity index (χ1) is 8.06. The van der Waals surface area contributed by atoms with Crippen molar-refractivity contribution in [2.24, 2.45) is 16.8 Å². The summed E-state index contributed by atoms with van der Waals surface area (Å²) in [5.74, 6) is 0.308. The van der Waals surface area contributed by atoms with Gasteiger partial charge in [0.2, 0.25) is 5.91 Å². The first-order valence-electron chi connectivity index (χ1n) is 5.83. The van der Waals surface area contributed by atoms with E-state index in [0.717, 1.165) is 18.6 Å². The lowest BCUT2D eigenvalue weighted by Gasteiger charge is -2.18. The van der Waals surface area contributed by atoms with Gasteiger partial charge in [0.05, 0.1) is 5.92 Å². The molecular weight excluding hydrogens is 238 g/mol. The lowest BCUT2D eigenvalue weighted by Crippen LogP contribution is -2.42. The molecule has 0 saturated carbocycles. The lowest BCUT2D eigenvalue weighted by molar-refractivity contribution is -0.123. The van der Waals surface area contributed by atoms with Gasteiger partial charge in [-0.25, -0.2) is 0 Å². The van der Waals surface area contributed by atoms with Crippen molar-refractivity contribution < 1.29 is 10.0 Å². The molecule has 4 N–H and O–H groups in total. The summed E-state index contributed by atoms with van der Waals surface area (Å²) in [4.78, 5) is 11.9. The number of rotatable bonds is 8. The van der Waals surface area contributed by atoms with Gasteiger partial charge in [0, 0.05) is 6.04 Å². The molecule has 2 unspecified atom stereocenters. The van der Waals surface area contributed by atoms with Crippen LogP contribution < -0.4 is 11.1 Å². The Morgan fingerprint density at radius 2 is 2.18 bits per heavy atom. The Balaban J connectivity index is 4.32. The van der Waals surface area contributed by atoms with E-state index in [-0.39, 0.29) is 17.8 Å². The van der Waals surface area contributed by atoms with Crippen molar-refractivity contribution >= 4 is 23.5 Å². The molecule has 0 heterocycles.